The van der Waals surface area contributed by atoms with Gasteiger partial charge in [0, 0.05) is 6.61 Å². The maximum absolute atomic E-state index is 5.87. The fourth-order valence-corrected chi connectivity index (χ4v) is 2.26. The van der Waals surface area contributed by atoms with Gasteiger partial charge in [0.2, 0.25) is 0 Å². The molecule has 0 aromatic carbocycles. The zero-order chi connectivity index (χ0) is 12.9. The molecule has 17 heavy (non-hydrogen) atoms. The van der Waals surface area contributed by atoms with Crippen LogP contribution < -0.4 is 0 Å². The summed E-state index contributed by atoms with van der Waals surface area (Å²) in [5.74, 6) is 1.55. The van der Waals surface area contributed by atoms with Crippen LogP contribution in [0.15, 0.2) is 0 Å². The van der Waals surface area contributed by atoms with Gasteiger partial charge in [-0.15, -0.1) is 0 Å². The van der Waals surface area contributed by atoms with Crippen LogP contribution in [0.25, 0.3) is 0 Å². The van der Waals surface area contributed by atoms with Crippen LogP contribution in [-0.4, -0.2) is 24.9 Å². The molecular weight excluding hydrogens is 212 g/mol. The smallest absolute Gasteiger partial charge is 0.0598 e. The Kier molecular flexibility index (Phi) is 5.94. The van der Waals surface area contributed by atoms with Gasteiger partial charge in [-0.3, -0.25) is 0 Å². The summed E-state index contributed by atoms with van der Waals surface area (Å²) in [5.41, 5.74) is 0.0115. The van der Waals surface area contributed by atoms with Crippen molar-refractivity contribution in [1.29, 1.82) is 0 Å². The van der Waals surface area contributed by atoms with Crippen molar-refractivity contribution in [1.82, 2.24) is 0 Å². The van der Waals surface area contributed by atoms with Crippen LogP contribution in [0.4, 0.5) is 0 Å². The molecule has 1 rings (SSSR count). The maximum Gasteiger partial charge on any atom is 0.0598 e. The monoisotopic (exact) mass is 242 g/mol. The van der Waals surface area contributed by atoms with E-state index in [4.69, 9.17) is 9.47 Å². The van der Waals surface area contributed by atoms with E-state index in [2.05, 4.69) is 34.6 Å². The normalized spacial score (nSPS) is 26.5. The summed E-state index contributed by atoms with van der Waals surface area (Å²) in [6, 6.07) is 0. The Morgan fingerprint density at radius 2 is 1.41 bits per heavy atom. The minimum absolute atomic E-state index is 0.0115. The highest BCUT2D eigenvalue weighted by Gasteiger charge is 2.23. The molecule has 0 bridgehead atoms. The third-order valence-corrected chi connectivity index (χ3v) is 3.38. The van der Waals surface area contributed by atoms with E-state index in [-0.39, 0.29) is 5.60 Å². The second-order valence-corrected chi connectivity index (χ2v) is 6.69. The first-order chi connectivity index (χ1) is 7.87. The third-order valence-electron chi connectivity index (χ3n) is 3.38. The van der Waals surface area contributed by atoms with E-state index in [9.17, 15) is 0 Å². The van der Waals surface area contributed by atoms with Crippen molar-refractivity contribution >= 4 is 0 Å². The molecule has 1 fully saturated rings. The first-order valence-electron chi connectivity index (χ1n) is 7.12. The molecule has 0 aromatic rings. The van der Waals surface area contributed by atoms with E-state index in [0.29, 0.717) is 6.10 Å². The molecule has 0 atom stereocenters. The number of hydrogen-bond donors (Lipinski definition) is 0. The lowest BCUT2D eigenvalue weighted by Crippen LogP contribution is -2.27. The van der Waals surface area contributed by atoms with E-state index in [1.54, 1.807) is 0 Å². The van der Waals surface area contributed by atoms with Crippen molar-refractivity contribution in [2.75, 3.05) is 13.2 Å². The number of rotatable bonds is 5. The van der Waals surface area contributed by atoms with Gasteiger partial charge >= 0.3 is 0 Å². The van der Waals surface area contributed by atoms with Gasteiger partial charge in [-0.1, -0.05) is 0 Å². The van der Waals surface area contributed by atoms with E-state index in [1.807, 2.05) is 0 Å². The third kappa shape index (κ3) is 7.05. The van der Waals surface area contributed by atoms with E-state index in [1.165, 1.54) is 25.7 Å². The minimum Gasteiger partial charge on any atom is -0.379 e. The molecule has 2 nitrogen and oxygen atoms in total. The maximum atomic E-state index is 5.87. The fourth-order valence-electron chi connectivity index (χ4n) is 2.26. The van der Waals surface area contributed by atoms with E-state index in [0.717, 1.165) is 25.0 Å². The Bertz CT molecular complexity index is 197. The van der Waals surface area contributed by atoms with Crippen molar-refractivity contribution < 1.29 is 9.47 Å². The fraction of sp³-hybridized carbons (Fsp3) is 1.00. The zero-order valence-electron chi connectivity index (χ0n) is 12.3. The van der Waals surface area contributed by atoms with Gasteiger partial charge in [-0.25, -0.2) is 0 Å². The Labute approximate surface area is 107 Å². The molecule has 1 aliphatic rings. The van der Waals surface area contributed by atoms with Gasteiger partial charge in [0.25, 0.3) is 0 Å². The minimum atomic E-state index is 0.0115. The average Bonchev–Trinajstić information content (AvgIpc) is 2.24. The lowest BCUT2D eigenvalue weighted by Gasteiger charge is -2.31. The predicted octanol–water partition coefficient (Wildman–Crippen LogP) is 4.03. The van der Waals surface area contributed by atoms with Gasteiger partial charge in [-0.2, -0.15) is 0 Å². The molecule has 1 aliphatic carbocycles. The summed E-state index contributed by atoms with van der Waals surface area (Å²) in [5, 5.41) is 0. The van der Waals surface area contributed by atoms with Crippen molar-refractivity contribution in [3.05, 3.63) is 0 Å². The first-order valence-corrected chi connectivity index (χ1v) is 7.12. The lowest BCUT2D eigenvalue weighted by molar-refractivity contribution is -0.0347. The Morgan fingerprint density at radius 3 is 1.82 bits per heavy atom. The Balaban J connectivity index is 2.13. The standard InChI is InChI=1S/C15H30O2/c1-12(2)16-10-13-6-8-14(9-7-13)11-17-15(3,4)5/h12-14H,6-11H2,1-5H3. The van der Waals surface area contributed by atoms with Gasteiger partial charge in [-0.05, 0) is 72.1 Å². The average molecular weight is 242 g/mol. The topological polar surface area (TPSA) is 18.5 Å². The van der Waals surface area contributed by atoms with Crippen molar-refractivity contribution in [3.8, 4) is 0 Å². The molecule has 0 spiro atoms. The molecule has 0 radical (unpaired) electrons. The summed E-state index contributed by atoms with van der Waals surface area (Å²) in [4.78, 5) is 0. The second-order valence-electron chi connectivity index (χ2n) is 6.69. The van der Waals surface area contributed by atoms with Crippen LogP contribution in [0.1, 0.15) is 60.3 Å². The summed E-state index contributed by atoms with van der Waals surface area (Å²) >= 11 is 0. The highest BCUT2D eigenvalue weighted by atomic mass is 16.5. The molecule has 2 heteroatoms. The van der Waals surface area contributed by atoms with Crippen LogP contribution in [0, 0.1) is 11.8 Å². The molecule has 0 unspecified atom stereocenters. The summed E-state index contributed by atoms with van der Waals surface area (Å²) in [7, 11) is 0. The molecule has 0 heterocycles. The van der Waals surface area contributed by atoms with Crippen LogP contribution in [0.2, 0.25) is 0 Å². The second kappa shape index (κ2) is 6.75. The van der Waals surface area contributed by atoms with E-state index < -0.39 is 0 Å². The number of hydrogen-bond acceptors (Lipinski definition) is 2. The van der Waals surface area contributed by atoms with Crippen molar-refractivity contribution in [2.45, 2.75) is 72.0 Å². The quantitative estimate of drug-likeness (QED) is 0.724. The molecule has 102 valence electrons. The SMILES string of the molecule is CC(C)OCC1CCC(COC(C)(C)C)CC1. The summed E-state index contributed by atoms with van der Waals surface area (Å²) in [6.07, 6.45) is 5.61. The van der Waals surface area contributed by atoms with Gasteiger partial charge in [0.1, 0.15) is 0 Å². The van der Waals surface area contributed by atoms with Crippen molar-refractivity contribution in [3.63, 3.8) is 0 Å². The molecule has 0 saturated heterocycles. The van der Waals surface area contributed by atoms with Crippen LogP contribution in [0.3, 0.4) is 0 Å². The molecule has 0 N–H and O–H groups in total. The highest BCUT2D eigenvalue weighted by Crippen LogP contribution is 2.30. The van der Waals surface area contributed by atoms with Gasteiger partial charge in [0.15, 0.2) is 0 Å². The first kappa shape index (κ1) is 15.0. The molecule has 0 aliphatic heterocycles. The summed E-state index contributed by atoms with van der Waals surface area (Å²) in [6.45, 7) is 12.5. The lowest BCUT2D eigenvalue weighted by atomic mass is 9.83. The molecular formula is C15H30O2. The largest absolute Gasteiger partial charge is 0.379 e. The van der Waals surface area contributed by atoms with Crippen molar-refractivity contribution in [2.24, 2.45) is 11.8 Å². The van der Waals surface area contributed by atoms with Gasteiger partial charge < -0.3 is 9.47 Å². The Morgan fingerprint density at radius 1 is 0.941 bits per heavy atom. The number of ether oxygens (including phenoxy) is 2. The van der Waals surface area contributed by atoms with E-state index >= 15 is 0 Å². The van der Waals surface area contributed by atoms with Gasteiger partial charge in [0.05, 0.1) is 18.3 Å². The summed E-state index contributed by atoms with van der Waals surface area (Å²) < 4.78 is 11.6. The molecule has 0 amide bonds. The predicted molar refractivity (Wildman–Crippen MR) is 72.2 cm³/mol. The van der Waals surface area contributed by atoms with Crippen LogP contribution in [-0.2, 0) is 9.47 Å². The zero-order valence-corrected chi connectivity index (χ0v) is 12.3. The highest BCUT2D eigenvalue weighted by molar-refractivity contribution is 4.73. The van der Waals surface area contributed by atoms with Crippen LogP contribution in [0.5, 0.6) is 0 Å². The van der Waals surface area contributed by atoms with Crippen LogP contribution >= 0.6 is 0 Å². The molecule has 0 aromatic heterocycles. The Hall–Kier alpha value is -0.0800. The molecule has 1 saturated carbocycles.